The topological polar surface area (TPSA) is 153 Å². The molecule has 1 aliphatic carbocycles. The van der Waals surface area contributed by atoms with E-state index in [0.717, 1.165) is 72.2 Å². The summed E-state index contributed by atoms with van der Waals surface area (Å²) in [5, 5.41) is 15.6. The molecule has 2 aromatic rings. The van der Waals surface area contributed by atoms with Crippen molar-refractivity contribution < 1.29 is 38.1 Å². The number of carboxylic acid groups (broad SMARTS) is 1. The zero-order valence-corrected chi connectivity index (χ0v) is 34.6. The molecule has 0 saturated carbocycles. The molecular formula is C43H59BFN5O7. The average Bonchev–Trinajstić information content (AvgIpc) is 3.62. The number of hydrogen-bond acceptors (Lipinski definition) is 7. The van der Waals surface area contributed by atoms with Crippen LogP contribution >= 0.6 is 0 Å². The number of halogens is 1. The van der Waals surface area contributed by atoms with Crippen molar-refractivity contribution in [1.82, 2.24) is 19.7 Å². The van der Waals surface area contributed by atoms with E-state index in [1.165, 1.54) is 4.57 Å². The van der Waals surface area contributed by atoms with Crippen molar-refractivity contribution in [3.05, 3.63) is 62.8 Å². The molecule has 1 aliphatic heterocycles. The first-order valence-electron chi connectivity index (χ1n) is 20.4. The summed E-state index contributed by atoms with van der Waals surface area (Å²) < 4.78 is 29.4. The summed E-state index contributed by atoms with van der Waals surface area (Å²) in [4.78, 5) is 54.8. The molecule has 3 heterocycles. The number of allylic oxidation sites excluding steroid dienone is 4. The van der Waals surface area contributed by atoms with Crippen LogP contribution in [0, 0.1) is 25.7 Å². The first-order valence-corrected chi connectivity index (χ1v) is 20.4. The molecule has 0 saturated heterocycles. The number of aryl methyl sites for hydroxylation is 2. The Morgan fingerprint density at radius 1 is 0.895 bits per heavy atom. The van der Waals surface area contributed by atoms with Gasteiger partial charge < -0.3 is 34.3 Å². The van der Waals surface area contributed by atoms with Crippen LogP contribution in [0.1, 0.15) is 147 Å². The van der Waals surface area contributed by atoms with E-state index in [9.17, 15) is 24.3 Å². The highest BCUT2D eigenvalue weighted by atomic mass is 19.1. The average molecular weight is 788 g/mol. The van der Waals surface area contributed by atoms with Gasteiger partial charge in [0, 0.05) is 56.0 Å². The number of carbonyl (C=O) groups excluding carboxylic acids is 3. The van der Waals surface area contributed by atoms with E-state index in [0.29, 0.717) is 55.4 Å². The molecule has 0 bridgehead atoms. The van der Waals surface area contributed by atoms with Crippen molar-refractivity contribution in [3.63, 3.8) is 0 Å². The summed E-state index contributed by atoms with van der Waals surface area (Å²) in [5.74, 6) is 4.35. The van der Waals surface area contributed by atoms with Gasteiger partial charge in [0.2, 0.25) is 5.91 Å². The number of fused-ring (bicyclic) bond motifs is 2. The molecule has 0 unspecified atom stereocenters. The van der Waals surface area contributed by atoms with Crippen LogP contribution in [-0.4, -0.2) is 77.4 Å². The van der Waals surface area contributed by atoms with E-state index in [-0.39, 0.29) is 56.6 Å². The van der Waals surface area contributed by atoms with Crippen molar-refractivity contribution in [2.24, 2.45) is 4.90 Å². The number of aromatic nitrogens is 2. The summed E-state index contributed by atoms with van der Waals surface area (Å²) in [5.41, 5.74) is 8.37. The van der Waals surface area contributed by atoms with Crippen LogP contribution in [0.25, 0.3) is 5.57 Å². The molecular weight excluding hydrogens is 728 g/mol. The lowest BCUT2D eigenvalue weighted by atomic mass is 9.92. The van der Waals surface area contributed by atoms with E-state index in [2.05, 4.69) is 34.3 Å². The maximum Gasteiger partial charge on any atom is 0.611 e. The Morgan fingerprint density at radius 3 is 2.26 bits per heavy atom. The Kier molecular flexibility index (Phi) is 17.3. The molecule has 0 spiro atoms. The maximum atomic E-state index is 15.4. The second kappa shape index (κ2) is 22.0. The summed E-state index contributed by atoms with van der Waals surface area (Å²) in [6.07, 6.45) is 9.62. The Balaban J connectivity index is 1.17. The molecule has 3 N–H and O–H groups in total. The molecule has 0 radical (unpaired) electrons. The minimum Gasteiger partial charge on any atom is -0.477 e. The number of carbonyl (C=O) groups is 4. The number of nitrogens with zero attached hydrogens (tertiary/aromatic N) is 3. The number of ether oxygens (including phenoxy) is 2. The van der Waals surface area contributed by atoms with Gasteiger partial charge in [-0.25, -0.2) is 14.4 Å². The fourth-order valence-electron chi connectivity index (χ4n) is 7.61. The second-order valence-electron chi connectivity index (χ2n) is 14.8. The van der Waals surface area contributed by atoms with Crippen LogP contribution in [0.4, 0.5) is 9.11 Å². The number of amides is 2. The Hall–Kier alpha value is -5.06. The first kappa shape index (κ1) is 44.7. The van der Waals surface area contributed by atoms with Crippen LogP contribution in [0.15, 0.2) is 28.2 Å². The fraction of sp³-hybridized carbons (Fsp3) is 0.558. The van der Waals surface area contributed by atoms with E-state index < -0.39 is 25.3 Å². The summed E-state index contributed by atoms with van der Waals surface area (Å²) in [6.45, 7) is 12.7. The molecule has 14 heteroatoms. The van der Waals surface area contributed by atoms with Gasteiger partial charge in [-0.2, -0.15) is 0 Å². The molecule has 0 fully saturated rings. The zero-order valence-electron chi connectivity index (χ0n) is 34.6. The monoisotopic (exact) mass is 787 g/mol. The van der Waals surface area contributed by atoms with Crippen molar-refractivity contribution >= 4 is 42.5 Å². The van der Waals surface area contributed by atoms with Crippen molar-refractivity contribution in [3.8, 4) is 11.8 Å². The van der Waals surface area contributed by atoms with Gasteiger partial charge in [0.1, 0.15) is 11.4 Å². The van der Waals surface area contributed by atoms with Crippen LogP contribution in [0.3, 0.4) is 0 Å². The fourth-order valence-corrected chi connectivity index (χ4v) is 7.61. The number of esters is 1. The highest BCUT2D eigenvalue weighted by molar-refractivity contribution is 6.50. The van der Waals surface area contributed by atoms with Crippen LogP contribution in [0.5, 0.6) is 0 Å². The van der Waals surface area contributed by atoms with E-state index >= 15 is 4.32 Å². The summed E-state index contributed by atoms with van der Waals surface area (Å²) >= 11 is 0. The lowest BCUT2D eigenvalue weighted by Crippen LogP contribution is -2.35. The van der Waals surface area contributed by atoms with Crippen molar-refractivity contribution in [2.75, 3.05) is 26.3 Å². The van der Waals surface area contributed by atoms with Gasteiger partial charge in [-0.3, -0.25) is 14.0 Å². The molecule has 4 rings (SSSR count). The second-order valence-corrected chi connectivity index (χ2v) is 14.8. The quantitative estimate of drug-likeness (QED) is 0.0571. The molecule has 2 amide bonds. The van der Waals surface area contributed by atoms with Gasteiger partial charge in [0.15, 0.2) is 0 Å². The SMILES string of the molecule is CCCCOC(=O)c1c2c(c(C(=O)O)n1CCCOC(=O)NCCNC(=O)CCCCCC/C1=C(C)\C(C)=C/C(C)=NB(F)n3c(C)cc(C)c31)CCC#CCC2. The molecule has 12 nitrogen and oxygen atoms in total. The van der Waals surface area contributed by atoms with Gasteiger partial charge in [0.05, 0.1) is 13.2 Å². The number of carboxylic acids is 1. The minimum absolute atomic E-state index is 0.00284. The number of aromatic carboxylic acids is 1. The van der Waals surface area contributed by atoms with Gasteiger partial charge in [0.25, 0.3) is 0 Å². The van der Waals surface area contributed by atoms with E-state index in [4.69, 9.17) is 9.47 Å². The summed E-state index contributed by atoms with van der Waals surface area (Å²) in [6, 6.07) is 2.01. The third-order valence-corrected chi connectivity index (χ3v) is 10.5. The number of alkyl carbamates (subject to hydrolysis) is 1. The molecule has 0 atom stereocenters. The highest BCUT2D eigenvalue weighted by Crippen LogP contribution is 2.34. The van der Waals surface area contributed by atoms with Crippen molar-refractivity contribution in [1.29, 1.82) is 0 Å². The smallest absolute Gasteiger partial charge is 0.477 e. The Labute approximate surface area is 336 Å². The Bertz CT molecular complexity index is 1950. The normalized spacial score (nSPS) is 16.2. The number of unbranched alkanes of at least 4 members (excludes halogenated alkanes) is 4. The van der Waals surface area contributed by atoms with Gasteiger partial charge in [-0.05, 0) is 125 Å². The third kappa shape index (κ3) is 12.2. The minimum atomic E-state index is -1.48. The molecule has 308 valence electrons. The first-order chi connectivity index (χ1) is 27.3. The van der Waals surface area contributed by atoms with Gasteiger partial charge in [-0.15, -0.1) is 11.8 Å². The molecule has 2 aromatic heterocycles. The van der Waals surface area contributed by atoms with Gasteiger partial charge in [-0.1, -0.05) is 26.2 Å². The van der Waals surface area contributed by atoms with E-state index in [1.54, 1.807) is 4.48 Å². The largest absolute Gasteiger partial charge is 0.611 e. The lowest BCUT2D eigenvalue weighted by Gasteiger charge is -2.18. The molecule has 2 aliphatic rings. The van der Waals surface area contributed by atoms with Crippen LogP contribution in [0.2, 0.25) is 0 Å². The van der Waals surface area contributed by atoms with Crippen LogP contribution < -0.4 is 10.6 Å². The molecule has 57 heavy (non-hydrogen) atoms. The lowest BCUT2D eigenvalue weighted by molar-refractivity contribution is -0.121. The number of hydrogen-bond donors (Lipinski definition) is 3. The highest BCUT2D eigenvalue weighted by Gasteiger charge is 2.31. The van der Waals surface area contributed by atoms with Crippen molar-refractivity contribution in [2.45, 2.75) is 132 Å². The maximum absolute atomic E-state index is 15.4. The third-order valence-electron chi connectivity index (χ3n) is 10.5. The van der Waals surface area contributed by atoms with E-state index in [1.807, 2.05) is 46.8 Å². The zero-order chi connectivity index (χ0) is 41.5. The van der Waals surface area contributed by atoms with Crippen LogP contribution in [-0.2, 0) is 33.7 Å². The standard InChI is InChI=1S/C43H59BFN5O7/c1-7-8-25-56-42(54)40-36-20-15-10-9-14-19-35(36)39(41(52)53)49(40)24-17-26-57-43(55)47-23-22-46-37(51)21-16-12-11-13-18-34-33(6)29(2)27-31(4)48-44(45)50-32(5)28-30(3)38(34)50/h27-28H,7-8,11-26H2,1-6H3,(H,46,51)(H,47,55)(H,52,53)/b29-27-,34-33+,48-31?. The predicted molar refractivity (Wildman–Crippen MR) is 221 cm³/mol. The summed E-state index contributed by atoms with van der Waals surface area (Å²) in [7, 11) is -1.48. The number of nitrogens with one attached hydrogen (secondary N) is 2. The molecule has 0 aromatic carbocycles. The predicted octanol–water partition coefficient (Wildman–Crippen LogP) is 7.71. The number of rotatable bonds is 19. The van der Waals surface area contributed by atoms with Gasteiger partial charge >= 0.3 is 25.3 Å². The Morgan fingerprint density at radius 2 is 1.56 bits per heavy atom.